The first-order valence-electron chi connectivity index (χ1n) is 13.6. The largest absolute Gasteiger partial charge is 0.352 e. The van der Waals surface area contributed by atoms with Crippen LogP contribution < -0.4 is 9.62 Å². The summed E-state index contributed by atoms with van der Waals surface area (Å²) in [5.74, 6) is -1.77. The Labute approximate surface area is 243 Å². The number of benzene rings is 3. The lowest BCUT2D eigenvalue weighted by Crippen LogP contribution is -2.55. The molecule has 0 bridgehead atoms. The summed E-state index contributed by atoms with van der Waals surface area (Å²) in [7, 11) is -1.64. The molecule has 0 radical (unpaired) electrons. The Kier molecular flexibility index (Phi) is 11.0. The number of nitrogens with zero attached hydrogens (tertiary/aromatic N) is 3. The maximum absolute atomic E-state index is 14.9. The van der Waals surface area contributed by atoms with E-state index in [2.05, 4.69) is 5.32 Å². The number of hydrogen-bond donors (Lipinski definition) is 1. The third kappa shape index (κ3) is 8.14. The third-order valence-corrected chi connectivity index (χ3v) is 8.82. The van der Waals surface area contributed by atoms with Crippen LogP contribution in [-0.4, -0.2) is 62.2 Å². The van der Waals surface area contributed by atoms with E-state index in [0.29, 0.717) is 6.42 Å². The lowest BCUT2D eigenvalue weighted by molar-refractivity contribution is -0.140. The number of rotatable bonds is 13. The lowest BCUT2D eigenvalue weighted by Gasteiger charge is -2.35. The van der Waals surface area contributed by atoms with E-state index in [0.717, 1.165) is 31.4 Å². The van der Waals surface area contributed by atoms with Gasteiger partial charge in [-0.05, 0) is 49.1 Å². The van der Waals surface area contributed by atoms with Crippen molar-refractivity contribution in [1.82, 2.24) is 14.5 Å². The molecule has 0 saturated heterocycles. The van der Waals surface area contributed by atoms with Crippen molar-refractivity contribution in [3.63, 3.8) is 0 Å². The fourth-order valence-electron chi connectivity index (χ4n) is 4.32. The molecule has 0 aliphatic rings. The molecule has 0 aliphatic carbocycles. The van der Waals surface area contributed by atoms with Crippen molar-refractivity contribution >= 4 is 27.7 Å². The van der Waals surface area contributed by atoms with Gasteiger partial charge in [0.25, 0.3) is 0 Å². The summed E-state index contributed by atoms with van der Waals surface area (Å²) in [6, 6.07) is 21.1. The van der Waals surface area contributed by atoms with Crippen molar-refractivity contribution in [3.8, 4) is 0 Å². The highest BCUT2D eigenvalue weighted by molar-refractivity contribution is 7.90. The molecule has 0 aliphatic heterocycles. The van der Waals surface area contributed by atoms with Gasteiger partial charge in [-0.3, -0.25) is 9.59 Å². The Balaban J connectivity index is 2.12. The van der Waals surface area contributed by atoms with Gasteiger partial charge in [-0.1, -0.05) is 73.7 Å². The number of hydrogen-bond acceptors (Lipinski definition) is 4. The van der Waals surface area contributed by atoms with Crippen LogP contribution in [0.4, 0.5) is 10.1 Å². The average molecular weight is 583 g/mol. The zero-order valence-corrected chi connectivity index (χ0v) is 25.1. The summed E-state index contributed by atoms with van der Waals surface area (Å²) in [6.07, 6.45) is 0.901. The van der Waals surface area contributed by atoms with Crippen molar-refractivity contribution in [2.45, 2.75) is 52.2 Å². The molecule has 2 atom stereocenters. The summed E-state index contributed by atoms with van der Waals surface area (Å²) in [6.45, 7) is 5.10. The first kappa shape index (κ1) is 31.8. The van der Waals surface area contributed by atoms with Gasteiger partial charge in [0.15, 0.2) is 0 Å². The molecule has 1 N–H and O–H groups in total. The molecule has 220 valence electrons. The fourth-order valence-corrected chi connectivity index (χ4v) is 5.39. The molecule has 0 saturated carbocycles. The Bertz CT molecular complexity index is 1430. The topological polar surface area (TPSA) is 90.0 Å². The Morgan fingerprint density at radius 1 is 0.927 bits per heavy atom. The zero-order chi connectivity index (χ0) is 30.2. The monoisotopic (exact) mass is 582 g/mol. The fraction of sp³-hybridized carbons (Fsp3) is 0.355. The molecule has 3 rings (SSSR count). The number of carbonyl (C=O) groups excluding carboxylic acids is 2. The second-order valence-corrected chi connectivity index (χ2v) is 12.3. The molecule has 3 aromatic carbocycles. The van der Waals surface area contributed by atoms with Crippen molar-refractivity contribution in [2.24, 2.45) is 0 Å². The van der Waals surface area contributed by atoms with Gasteiger partial charge in [0.05, 0.1) is 5.69 Å². The zero-order valence-electron chi connectivity index (χ0n) is 24.2. The maximum atomic E-state index is 14.9. The number of nitrogens with one attached hydrogen (secondary N) is 1. The highest BCUT2D eigenvalue weighted by Gasteiger charge is 2.35. The van der Waals surface area contributed by atoms with Gasteiger partial charge < -0.3 is 10.2 Å². The number of anilines is 1. The van der Waals surface area contributed by atoms with Crippen molar-refractivity contribution in [3.05, 3.63) is 101 Å². The van der Waals surface area contributed by atoms with Gasteiger partial charge >= 0.3 is 10.2 Å². The maximum Gasteiger partial charge on any atom is 0.304 e. The predicted molar refractivity (Wildman–Crippen MR) is 160 cm³/mol. The van der Waals surface area contributed by atoms with E-state index in [1.807, 2.05) is 75.4 Å². The summed E-state index contributed by atoms with van der Waals surface area (Å²) in [5, 5.41) is 3.00. The van der Waals surface area contributed by atoms with Crippen LogP contribution in [-0.2, 0) is 32.8 Å². The van der Waals surface area contributed by atoms with Crippen LogP contribution in [0.1, 0.15) is 37.0 Å². The van der Waals surface area contributed by atoms with Crippen LogP contribution >= 0.6 is 0 Å². The Morgan fingerprint density at radius 3 is 2.15 bits per heavy atom. The molecule has 10 heteroatoms. The van der Waals surface area contributed by atoms with Gasteiger partial charge in [-0.15, -0.1) is 0 Å². The minimum Gasteiger partial charge on any atom is -0.352 e. The third-order valence-electron chi connectivity index (χ3n) is 7.01. The lowest BCUT2D eigenvalue weighted by atomic mass is 10.0. The van der Waals surface area contributed by atoms with E-state index in [-0.39, 0.29) is 30.6 Å². The highest BCUT2D eigenvalue weighted by atomic mass is 32.2. The SMILES string of the molecule is CC[C@H](C)NC(=O)[C@@H](Cc1ccccc1)N(Cc1ccccc1C)C(=O)CN(c1ccccc1F)S(=O)(=O)N(C)C. The van der Waals surface area contributed by atoms with E-state index in [4.69, 9.17) is 0 Å². The summed E-state index contributed by atoms with van der Waals surface area (Å²) in [4.78, 5) is 29.4. The summed E-state index contributed by atoms with van der Waals surface area (Å²) in [5.41, 5.74) is 2.31. The van der Waals surface area contributed by atoms with E-state index in [1.54, 1.807) is 0 Å². The average Bonchev–Trinajstić information content (AvgIpc) is 2.95. The van der Waals surface area contributed by atoms with E-state index < -0.39 is 34.5 Å². The standard InChI is InChI=1S/C31H39FN4O4S/c1-6-24(3)33-31(38)29(20-25-15-8-7-9-16-25)35(21-26-17-11-10-14-23(26)2)30(37)22-36(41(39,40)34(4)5)28-19-13-12-18-27(28)32/h7-19,24,29H,6,20-22H2,1-5H3,(H,33,38)/t24-,29+/m0/s1. The minimum atomic E-state index is -4.27. The molecular weight excluding hydrogens is 543 g/mol. The second-order valence-electron chi connectivity index (χ2n) is 10.2. The predicted octanol–water partition coefficient (Wildman–Crippen LogP) is 4.30. The quantitative estimate of drug-likeness (QED) is 0.326. The molecule has 0 aromatic heterocycles. The molecule has 41 heavy (non-hydrogen) atoms. The number of amides is 2. The molecule has 2 amide bonds. The Hall–Kier alpha value is -3.76. The van der Waals surface area contributed by atoms with Crippen LogP contribution in [0.15, 0.2) is 78.9 Å². The van der Waals surface area contributed by atoms with Crippen LogP contribution in [0.5, 0.6) is 0 Å². The van der Waals surface area contributed by atoms with Crippen LogP contribution in [0.3, 0.4) is 0 Å². The molecule has 0 heterocycles. The normalized spacial score (nSPS) is 13.0. The number of carbonyl (C=O) groups is 2. The van der Waals surface area contributed by atoms with Crippen molar-refractivity contribution < 1.29 is 22.4 Å². The summed E-state index contributed by atoms with van der Waals surface area (Å²) < 4.78 is 43.3. The molecule has 0 spiro atoms. The molecule has 0 unspecified atom stereocenters. The first-order chi connectivity index (χ1) is 19.4. The number of halogens is 1. The van der Waals surface area contributed by atoms with Gasteiger partial charge in [0, 0.05) is 33.1 Å². The van der Waals surface area contributed by atoms with E-state index in [9.17, 15) is 22.4 Å². The van der Waals surface area contributed by atoms with Crippen molar-refractivity contribution in [1.29, 1.82) is 0 Å². The molecular formula is C31H39FN4O4S. The van der Waals surface area contributed by atoms with Gasteiger partial charge in [-0.25, -0.2) is 8.70 Å². The van der Waals surface area contributed by atoms with Gasteiger partial charge in [0.1, 0.15) is 18.4 Å². The van der Waals surface area contributed by atoms with Crippen LogP contribution in [0, 0.1) is 12.7 Å². The number of para-hydroxylation sites is 1. The van der Waals surface area contributed by atoms with Crippen LogP contribution in [0.2, 0.25) is 0 Å². The molecule has 0 fully saturated rings. The van der Waals surface area contributed by atoms with Crippen molar-refractivity contribution in [2.75, 3.05) is 24.9 Å². The minimum absolute atomic E-state index is 0.0596. The van der Waals surface area contributed by atoms with E-state index in [1.165, 1.54) is 37.2 Å². The smallest absolute Gasteiger partial charge is 0.304 e. The van der Waals surface area contributed by atoms with Gasteiger partial charge in [0.2, 0.25) is 11.8 Å². The highest BCUT2D eigenvalue weighted by Crippen LogP contribution is 2.25. The van der Waals surface area contributed by atoms with Gasteiger partial charge in [-0.2, -0.15) is 12.7 Å². The first-order valence-corrected chi connectivity index (χ1v) is 15.0. The summed E-state index contributed by atoms with van der Waals surface area (Å²) >= 11 is 0. The molecule has 8 nitrogen and oxygen atoms in total. The molecule has 3 aromatic rings. The Morgan fingerprint density at radius 2 is 1.54 bits per heavy atom. The van der Waals surface area contributed by atoms with Crippen LogP contribution in [0.25, 0.3) is 0 Å². The second kappa shape index (κ2) is 14.2. The van der Waals surface area contributed by atoms with E-state index >= 15 is 0 Å². The number of aryl methyl sites for hydroxylation is 1.